The zero-order valence-corrected chi connectivity index (χ0v) is 8.37. The normalized spacial score (nSPS) is 10.1. The van der Waals surface area contributed by atoms with E-state index in [-0.39, 0.29) is 11.6 Å². The quantitative estimate of drug-likeness (QED) is 0.733. The van der Waals surface area contributed by atoms with Gasteiger partial charge in [0.2, 0.25) is 6.54 Å². The highest BCUT2D eigenvalue weighted by molar-refractivity contribution is 5.19. The number of aromatic nitrogens is 2. The number of hydrogen-bond acceptors (Lipinski definition) is 2. The van der Waals surface area contributed by atoms with Gasteiger partial charge in [0.15, 0.2) is 0 Å². The number of H-pyrrole nitrogens is 1. The van der Waals surface area contributed by atoms with Crippen molar-refractivity contribution in [1.29, 1.82) is 0 Å². The van der Waals surface area contributed by atoms with Crippen molar-refractivity contribution in [3.63, 3.8) is 0 Å². The Morgan fingerprint density at radius 3 is 2.93 bits per heavy atom. The average Bonchev–Trinajstić information content (AvgIpc) is 2.15. The molecule has 0 saturated carbocycles. The van der Waals surface area contributed by atoms with Gasteiger partial charge in [-0.25, -0.2) is 16.4 Å². The lowest BCUT2D eigenvalue weighted by molar-refractivity contribution is 0.774. The van der Waals surface area contributed by atoms with Gasteiger partial charge < -0.3 is 9.83 Å². The van der Waals surface area contributed by atoms with Crippen LogP contribution in [0.4, 0.5) is 0 Å². The SMILES string of the molecule is [C-]#[N+]CCc1cnc(=O)[nH]c1C(C)C. The molecule has 0 bridgehead atoms. The van der Waals surface area contributed by atoms with Crippen LogP contribution in [0.3, 0.4) is 0 Å². The Morgan fingerprint density at radius 2 is 2.36 bits per heavy atom. The topological polar surface area (TPSA) is 50.1 Å². The second-order valence-electron chi connectivity index (χ2n) is 3.41. The summed E-state index contributed by atoms with van der Waals surface area (Å²) >= 11 is 0. The summed E-state index contributed by atoms with van der Waals surface area (Å²) < 4.78 is 0. The van der Waals surface area contributed by atoms with Crippen LogP contribution in [0.1, 0.15) is 31.0 Å². The number of nitrogens with zero attached hydrogens (tertiary/aromatic N) is 2. The zero-order chi connectivity index (χ0) is 10.6. The van der Waals surface area contributed by atoms with Crippen LogP contribution in [-0.4, -0.2) is 16.5 Å². The predicted molar refractivity (Wildman–Crippen MR) is 54.1 cm³/mol. The minimum absolute atomic E-state index is 0.256. The van der Waals surface area contributed by atoms with E-state index in [9.17, 15) is 4.79 Å². The molecule has 1 rings (SSSR count). The Labute approximate surface area is 82.8 Å². The summed E-state index contributed by atoms with van der Waals surface area (Å²) in [6.45, 7) is 11.2. The molecule has 0 aliphatic rings. The molecule has 14 heavy (non-hydrogen) atoms. The molecule has 1 aromatic heterocycles. The first-order valence-corrected chi connectivity index (χ1v) is 4.56. The molecule has 0 unspecified atom stereocenters. The molecule has 1 aromatic rings. The second kappa shape index (κ2) is 4.56. The third kappa shape index (κ3) is 2.43. The minimum atomic E-state index is -0.319. The Bertz CT molecular complexity index is 401. The fourth-order valence-electron chi connectivity index (χ4n) is 1.32. The van der Waals surface area contributed by atoms with Crippen LogP contribution < -0.4 is 5.69 Å². The summed E-state index contributed by atoms with van der Waals surface area (Å²) in [5.41, 5.74) is 1.55. The smallest absolute Gasteiger partial charge is 0.317 e. The van der Waals surface area contributed by atoms with Gasteiger partial charge in [0.1, 0.15) is 0 Å². The van der Waals surface area contributed by atoms with E-state index in [1.807, 2.05) is 13.8 Å². The maximum atomic E-state index is 11.0. The highest BCUT2D eigenvalue weighted by Crippen LogP contribution is 2.14. The van der Waals surface area contributed by atoms with Gasteiger partial charge in [-0.2, -0.15) is 0 Å². The van der Waals surface area contributed by atoms with E-state index in [1.54, 1.807) is 6.20 Å². The molecule has 74 valence electrons. The van der Waals surface area contributed by atoms with Gasteiger partial charge in [-0.1, -0.05) is 13.8 Å². The van der Waals surface area contributed by atoms with Gasteiger partial charge in [0, 0.05) is 18.3 Å². The third-order valence-corrected chi connectivity index (χ3v) is 2.00. The maximum absolute atomic E-state index is 11.0. The van der Waals surface area contributed by atoms with Crippen LogP contribution in [0, 0.1) is 6.57 Å². The summed E-state index contributed by atoms with van der Waals surface area (Å²) in [7, 11) is 0. The van der Waals surface area contributed by atoms with E-state index in [2.05, 4.69) is 14.8 Å². The lowest BCUT2D eigenvalue weighted by Gasteiger charge is -2.08. The first kappa shape index (κ1) is 10.5. The van der Waals surface area contributed by atoms with Crippen LogP contribution in [-0.2, 0) is 6.42 Å². The summed E-state index contributed by atoms with van der Waals surface area (Å²) in [6, 6.07) is 0. The number of aromatic amines is 1. The van der Waals surface area contributed by atoms with E-state index < -0.39 is 0 Å². The standard InChI is InChI=1S/C10H13N3O/c1-7(2)9-8(4-5-11-3)6-12-10(14)13-9/h6-7H,4-5H2,1-2H3,(H,12,13,14). The van der Waals surface area contributed by atoms with E-state index in [0.29, 0.717) is 13.0 Å². The van der Waals surface area contributed by atoms with Gasteiger partial charge in [0.05, 0.1) is 0 Å². The van der Waals surface area contributed by atoms with Crippen LogP contribution in [0.15, 0.2) is 11.0 Å². The minimum Gasteiger partial charge on any atom is -0.317 e. The average molecular weight is 191 g/mol. The van der Waals surface area contributed by atoms with Crippen molar-refractivity contribution in [2.45, 2.75) is 26.2 Å². The Morgan fingerprint density at radius 1 is 1.64 bits per heavy atom. The van der Waals surface area contributed by atoms with Crippen molar-refractivity contribution in [3.05, 3.63) is 39.4 Å². The molecule has 0 atom stereocenters. The van der Waals surface area contributed by atoms with E-state index >= 15 is 0 Å². The van der Waals surface area contributed by atoms with Crippen molar-refractivity contribution < 1.29 is 0 Å². The molecular formula is C10H13N3O. The number of rotatable bonds is 3. The van der Waals surface area contributed by atoms with Crippen LogP contribution >= 0.6 is 0 Å². The number of hydrogen-bond donors (Lipinski definition) is 1. The van der Waals surface area contributed by atoms with Crippen molar-refractivity contribution in [3.8, 4) is 0 Å². The molecule has 0 aromatic carbocycles. The van der Waals surface area contributed by atoms with Crippen LogP contribution in [0.5, 0.6) is 0 Å². The molecule has 0 saturated heterocycles. The molecule has 0 fully saturated rings. The molecule has 0 amide bonds. The summed E-state index contributed by atoms with van der Waals surface area (Å²) in [6.07, 6.45) is 2.22. The molecule has 0 aliphatic carbocycles. The third-order valence-electron chi connectivity index (χ3n) is 2.00. The first-order chi connectivity index (χ1) is 6.65. The molecule has 0 aliphatic heterocycles. The van der Waals surface area contributed by atoms with Gasteiger partial charge in [-0.05, 0) is 11.5 Å². The Kier molecular flexibility index (Phi) is 3.41. The first-order valence-electron chi connectivity index (χ1n) is 4.56. The fraction of sp³-hybridized carbons (Fsp3) is 0.500. The van der Waals surface area contributed by atoms with Crippen molar-refractivity contribution in [1.82, 2.24) is 9.97 Å². The highest BCUT2D eigenvalue weighted by Gasteiger charge is 2.08. The zero-order valence-electron chi connectivity index (χ0n) is 8.37. The van der Waals surface area contributed by atoms with Crippen molar-refractivity contribution in [2.24, 2.45) is 0 Å². The second-order valence-corrected chi connectivity index (χ2v) is 3.41. The lowest BCUT2D eigenvalue weighted by Crippen LogP contribution is -2.16. The molecule has 4 heteroatoms. The lowest BCUT2D eigenvalue weighted by atomic mass is 10.0. The van der Waals surface area contributed by atoms with E-state index in [0.717, 1.165) is 11.3 Å². The van der Waals surface area contributed by atoms with Gasteiger partial charge in [-0.15, -0.1) is 0 Å². The largest absolute Gasteiger partial charge is 0.345 e. The molecule has 1 N–H and O–H groups in total. The number of nitrogens with one attached hydrogen (secondary N) is 1. The fourth-order valence-corrected chi connectivity index (χ4v) is 1.32. The highest BCUT2D eigenvalue weighted by atomic mass is 16.1. The monoisotopic (exact) mass is 191 g/mol. The Hall–Kier alpha value is -1.63. The van der Waals surface area contributed by atoms with Crippen LogP contribution in [0.2, 0.25) is 0 Å². The van der Waals surface area contributed by atoms with Gasteiger partial charge >= 0.3 is 5.69 Å². The summed E-state index contributed by atoms with van der Waals surface area (Å²) in [5, 5.41) is 0. The summed E-state index contributed by atoms with van der Waals surface area (Å²) in [5.74, 6) is 0.256. The predicted octanol–water partition coefficient (Wildman–Crippen LogP) is 1.36. The van der Waals surface area contributed by atoms with E-state index in [4.69, 9.17) is 6.57 Å². The molecule has 1 heterocycles. The van der Waals surface area contributed by atoms with Crippen molar-refractivity contribution >= 4 is 0 Å². The molecule has 4 nitrogen and oxygen atoms in total. The van der Waals surface area contributed by atoms with Gasteiger partial charge in [-0.3, -0.25) is 0 Å². The Balaban J connectivity index is 3.03. The molecule has 0 radical (unpaired) electrons. The van der Waals surface area contributed by atoms with Crippen molar-refractivity contribution in [2.75, 3.05) is 6.54 Å². The van der Waals surface area contributed by atoms with E-state index in [1.165, 1.54) is 0 Å². The summed E-state index contributed by atoms with van der Waals surface area (Å²) in [4.78, 5) is 20.7. The molecule has 0 spiro atoms. The maximum Gasteiger partial charge on any atom is 0.345 e. The molecular weight excluding hydrogens is 178 g/mol. The van der Waals surface area contributed by atoms with Gasteiger partial charge in [0.25, 0.3) is 0 Å². The van der Waals surface area contributed by atoms with Crippen LogP contribution in [0.25, 0.3) is 4.85 Å².